The van der Waals surface area contributed by atoms with E-state index in [1.165, 1.54) is 20.3 Å². The number of ether oxygens (including phenoxy) is 3. The Balaban J connectivity index is 3.06. The van der Waals surface area contributed by atoms with E-state index < -0.39 is 6.61 Å². The minimum absolute atomic E-state index is 0.0300. The molecule has 0 amide bonds. The van der Waals surface area contributed by atoms with Crippen molar-refractivity contribution in [1.29, 1.82) is 0 Å². The van der Waals surface area contributed by atoms with Crippen molar-refractivity contribution in [2.75, 3.05) is 27.8 Å². The highest BCUT2D eigenvalue weighted by Crippen LogP contribution is 2.35. The monoisotopic (exact) mass is 261 g/mol. The van der Waals surface area contributed by atoms with Crippen LogP contribution in [-0.4, -0.2) is 34.4 Å². The van der Waals surface area contributed by atoms with Gasteiger partial charge in [-0.15, -0.1) is 0 Å². The lowest BCUT2D eigenvalue weighted by Gasteiger charge is -2.15. The molecule has 1 rings (SSSR count). The van der Waals surface area contributed by atoms with E-state index in [2.05, 4.69) is 10.1 Å². The van der Waals surface area contributed by atoms with E-state index in [0.29, 0.717) is 12.2 Å². The van der Waals surface area contributed by atoms with E-state index in [-0.39, 0.29) is 11.5 Å². The summed E-state index contributed by atoms with van der Waals surface area (Å²) in [6.07, 6.45) is 0.699. The van der Waals surface area contributed by atoms with Crippen LogP contribution in [0.2, 0.25) is 0 Å². The molecule has 0 atom stereocenters. The van der Waals surface area contributed by atoms with Crippen LogP contribution in [0.4, 0.5) is 8.78 Å². The molecule has 4 nitrogen and oxygen atoms in total. The molecule has 0 saturated heterocycles. The maximum Gasteiger partial charge on any atom is 0.387 e. The highest BCUT2D eigenvalue weighted by molar-refractivity contribution is 5.50. The van der Waals surface area contributed by atoms with Gasteiger partial charge in [0.05, 0.1) is 14.2 Å². The zero-order chi connectivity index (χ0) is 13.5. The van der Waals surface area contributed by atoms with Crippen molar-refractivity contribution in [2.45, 2.75) is 13.0 Å². The molecule has 18 heavy (non-hydrogen) atoms. The largest absolute Gasteiger partial charge is 0.496 e. The van der Waals surface area contributed by atoms with Gasteiger partial charge < -0.3 is 19.5 Å². The molecular formula is C12H17F2NO3. The summed E-state index contributed by atoms with van der Waals surface area (Å²) >= 11 is 0. The number of halogens is 2. The van der Waals surface area contributed by atoms with Crippen LogP contribution >= 0.6 is 0 Å². The fourth-order valence-electron chi connectivity index (χ4n) is 1.58. The van der Waals surface area contributed by atoms with Crippen LogP contribution in [0.15, 0.2) is 12.1 Å². The predicted octanol–water partition coefficient (Wildman–Crippen LogP) is 2.07. The van der Waals surface area contributed by atoms with Crippen LogP contribution in [0.1, 0.15) is 5.56 Å². The summed E-state index contributed by atoms with van der Waals surface area (Å²) in [5.74, 6) is 0.737. The van der Waals surface area contributed by atoms with Crippen molar-refractivity contribution in [3.05, 3.63) is 17.7 Å². The molecular weight excluding hydrogens is 244 g/mol. The Hall–Kier alpha value is -1.56. The molecule has 0 saturated carbocycles. The average molecular weight is 261 g/mol. The first-order valence-electron chi connectivity index (χ1n) is 5.46. The van der Waals surface area contributed by atoms with Gasteiger partial charge in [-0.2, -0.15) is 8.78 Å². The second kappa shape index (κ2) is 7.00. The first-order valence-corrected chi connectivity index (χ1v) is 5.46. The zero-order valence-electron chi connectivity index (χ0n) is 10.6. The van der Waals surface area contributed by atoms with Crippen molar-refractivity contribution >= 4 is 0 Å². The van der Waals surface area contributed by atoms with Gasteiger partial charge in [-0.1, -0.05) is 0 Å². The molecule has 0 aromatic heterocycles. The summed E-state index contributed by atoms with van der Waals surface area (Å²) in [7, 11) is 4.72. The Morgan fingerprint density at radius 2 is 1.78 bits per heavy atom. The Kier molecular flexibility index (Phi) is 5.64. The summed E-state index contributed by atoms with van der Waals surface area (Å²) < 4.78 is 39.1. The minimum Gasteiger partial charge on any atom is -0.496 e. The van der Waals surface area contributed by atoms with Gasteiger partial charge in [0.25, 0.3) is 0 Å². The summed E-state index contributed by atoms with van der Waals surface area (Å²) in [5, 5.41) is 3.00. The van der Waals surface area contributed by atoms with Crippen molar-refractivity contribution in [2.24, 2.45) is 0 Å². The second-order valence-corrected chi connectivity index (χ2v) is 3.55. The van der Waals surface area contributed by atoms with Gasteiger partial charge in [0, 0.05) is 6.07 Å². The maximum absolute atomic E-state index is 12.2. The molecule has 0 aliphatic heterocycles. The molecule has 102 valence electrons. The maximum atomic E-state index is 12.2. The molecule has 1 N–H and O–H groups in total. The molecule has 0 bridgehead atoms. The van der Waals surface area contributed by atoms with Gasteiger partial charge >= 0.3 is 6.61 Å². The molecule has 1 aromatic rings. The minimum atomic E-state index is -2.90. The lowest BCUT2D eigenvalue weighted by atomic mass is 10.1. The number of nitrogens with one attached hydrogen (secondary N) is 1. The Bertz CT molecular complexity index is 386. The van der Waals surface area contributed by atoms with E-state index in [9.17, 15) is 8.78 Å². The smallest absolute Gasteiger partial charge is 0.387 e. The lowest BCUT2D eigenvalue weighted by molar-refractivity contribution is -0.0513. The van der Waals surface area contributed by atoms with Crippen molar-refractivity contribution in [1.82, 2.24) is 5.32 Å². The molecule has 0 aliphatic carbocycles. The van der Waals surface area contributed by atoms with Gasteiger partial charge in [-0.05, 0) is 31.6 Å². The molecule has 0 fully saturated rings. The van der Waals surface area contributed by atoms with E-state index in [0.717, 1.165) is 12.1 Å². The standard InChI is InChI=1S/C12H17F2NO3/c1-15-5-4-8-6-10(17-3)11(18-12(13)14)7-9(8)16-2/h6-7,12,15H,4-5H2,1-3H3. The quantitative estimate of drug-likeness (QED) is 0.815. The number of benzene rings is 1. The van der Waals surface area contributed by atoms with Crippen molar-refractivity contribution in [3.8, 4) is 17.2 Å². The van der Waals surface area contributed by atoms with E-state index >= 15 is 0 Å². The Morgan fingerprint density at radius 3 is 2.28 bits per heavy atom. The number of alkyl halides is 2. The van der Waals surface area contributed by atoms with Crippen molar-refractivity contribution in [3.63, 3.8) is 0 Å². The zero-order valence-corrected chi connectivity index (χ0v) is 10.6. The molecule has 0 radical (unpaired) electrons. The lowest BCUT2D eigenvalue weighted by Crippen LogP contribution is -2.11. The van der Waals surface area contributed by atoms with Crippen molar-refractivity contribution < 1.29 is 23.0 Å². The van der Waals surface area contributed by atoms with Gasteiger partial charge in [-0.25, -0.2) is 0 Å². The summed E-state index contributed by atoms with van der Waals surface area (Å²) in [6.45, 7) is -2.15. The van der Waals surface area contributed by atoms with E-state index in [1.54, 1.807) is 6.07 Å². The number of hydrogen-bond acceptors (Lipinski definition) is 4. The number of rotatable bonds is 7. The van der Waals surface area contributed by atoms with Crippen LogP contribution in [0.25, 0.3) is 0 Å². The SMILES string of the molecule is CNCCc1cc(OC)c(OC(F)F)cc1OC. The Morgan fingerprint density at radius 1 is 1.11 bits per heavy atom. The van der Waals surface area contributed by atoms with Gasteiger partial charge in [0.2, 0.25) is 0 Å². The van der Waals surface area contributed by atoms with Crippen LogP contribution in [-0.2, 0) is 6.42 Å². The third-order valence-electron chi connectivity index (χ3n) is 2.43. The highest BCUT2D eigenvalue weighted by atomic mass is 19.3. The molecule has 0 unspecified atom stereocenters. The van der Waals surface area contributed by atoms with Crippen LogP contribution < -0.4 is 19.5 Å². The molecule has 1 aromatic carbocycles. The topological polar surface area (TPSA) is 39.7 Å². The first kappa shape index (κ1) is 14.5. The Labute approximate surface area is 105 Å². The number of methoxy groups -OCH3 is 2. The third kappa shape index (κ3) is 3.73. The van der Waals surface area contributed by atoms with E-state index in [4.69, 9.17) is 9.47 Å². The first-order chi connectivity index (χ1) is 8.62. The summed E-state index contributed by atoms with van der Waals surface area (Å²) in [6, 6.07) is 3.06. The van der Waals surface area contributed by atoms with Crippen LogP contribution in [0.5, 0.6) is 17.2 Å². The third-order valence-corrected chi connectivity index (χ3v) is 2.43. The number of likely N-dealkylation sites (N-methyl/N-ethyl adjacent to an activating group) is 1. The molecule has 0 heterocycles. The highest BCUT2D eigenvalue weighted by Gasteiger charge is 2.15. The molecule has 6 heteroatoms. The fourth-order valence-corrected chi connectivity index (χ4v) is 1.58. The van der Waals surface area contributed by atoms with Gasteiger partial charge in [0.1, 0.15) is 5.75 Å². The molecule has 0 aliphatic rings. The molecule has 0 spiro atoms. The summed E-state index contributed by atoms with van der Waals surface area (Å²) in [4.78, 5) is 0. The summed E-state index contributed by atoms with van der Waals surface area (Å²) in [5.41, 5.74) is 0.866. The van der Waals surface area contributed by atoms with Gasteiger partial charge in [0.15, 0.2) is 11.5 Å². The van der Waals surface area contributed by atoms with Gasteiger partial charge in [-0.3, -0.25) is 0 Å². The fraction of sp³-hybridized carbons (Fsp3) is 0.500. The van der Waals surface area contributed by atoms with Crippen LogP contribution in [0, 0.1) is 0 Å². The second-order valence-electron chi connectivity index (χ2n) is 3.55. The van der Waals surface area contributed by atoms with E-state index in [1.807, 2.05) is 7.05 Å². The average Bonchev–Trinajstić information content (AvgIpc) is 2.35. The number of hydrogen-bond donors (Lipinski definition) is 1. The predicted molar refractivity (Wildman–Crippen MR) is 63.8 cm³/mol. The normalized spacial score (nSPS) is 10.6. The van der Waals surface area contributed by atoms with Crippen LogP contribution in [0.3, 0.4) is 0 Å².